The minimum Gasteiger partial charge on any atom is -0.393 e. The SMILES string of the molecule is COCCC(O)C1CC1c1ccccc1. The Bertz CT molecular complexity index is 297. The number of benzene rings is 1. The lowest BCUT2D eigenvalue weighted by molar-refractivity contribution is 0.0938. The van der Waals surface area contributed by atoms with E-state index in [2.05, 4.69) is 24.3 Å². The zero-order chi connectivity index (χ0) is 10.7. The van der Waals surface area contributed by atoms with Crippen molar-refractivity contribution in [3.63, 3.8) is 0 Å². The summed E-state index contributed by atoms with van der Waals surface area (Å²) in [6, 6.07) is 10.4. The number of aliphatic hydroxyl groups is 1. The molecule has 2 rings (SSSR count). The van der Waals surface area contributed by atoms with Crippen LogP contribution in [0.5, 0.6) is 0 Å². The molecule has 0 saturated heterocycles. The summed E-state index contributed by atoms with van der Waals surface area (Å²) < 4.78 is 4.97. The molecule has 1 aromatic carbocycles. The number of hydrogen-bond donors (Lipinski definition) is 1. The topological polar surface area (TPSA) is 29.5 Å². The highest BCUT2D eigenvalue weighted by molar-refractivity contribution is 5.26. The number of rotatable bonds is 5. The third-order valence-corrected chi connectivity index (χ3v) is 3.18. The van der Waals surface area contributed by atoms with Gasteiger partial charge in [-0.25, -0.2) is 0 Å². The molecule has 0 bridgehead atoms. The van der Waals surface area contributed by atoms with E-state index in [4.69, 9.17) is 4.74 Å². The molecule has 2 nitrogen and oxygen atoms in total. The van der Waals surface area contributed by atoms with Crippen LogP contribution in [0.1, 0.15) is 24.3 Å². The van der Waals surface area contributed by atoms with Crippen LogP contribution in [0.3, 0.4) is 0 Å². The van der Waals surface area contributed by atoms with Gasteiger partial charge in [-0.3, -0.25) is 0 Å². The Hall–Kier alpha value is -0.860. The summed E-state index contributed by atoms with van der Waals surface area (Å²) in [5.41, 5.74) is 1.36. The molecule has 1 saturated carbocycles. The van der Waals surface area contributed by atoms with E-state index in [9.17, 15) is 5.11 Å². The van der Waals surface area contributed by atoms with Crippen molar-refractivity contribution in [3.8, 4) is 0 Å². The summed E-state index contributed by atoms with van der Waals surface area (Å²) in [4.78, 5) is 0. The third kappa shape index (κ3) is 2.58. The Morgan fingerprint density at radius 3 is 2.80 bits per heavy atom. The second-order valence-electron chi connectivity index (χ2n) is 4.27. The van der Waals surface area contributed by atoms with E-state index in [-0.39, 0.29) is 6.10 Å². The molecule has 0 amide bonds. The van der Waals surface area contributed by atoms with Crippen LogP contribution in [0.2, 0.25) is 0 Å². The molecule has 0 heterocycles. The van der Waals surface area contributed by atoms with Gasteiger partial charge in [-0.15, -0.1) is 0 Å². The highest BCUT2D eigenvalue weighted by Gasteiger charge is 2.42. The van der Waals surface area contributed by atoms with Gasteiger partial charge in [-0.1, -0.05) is 30.3 Å². The Balaban J connectivity index is 1.85. The van der Waals surface area contributed by atoms with Crippen molar-refractivity contribution in [1.82, 2.24) is 0 Å². The minimum atomic E-state index is -0.199. The second-order valence-corrected chi connectivity index (χ2v) is 4.27. The molecule has 1 aliphatic rings. The number of methoxy groups -OCH3 is 1. The van der Waals surface area contributed by atoms with Gasteiger partial charge < -0.3 is 9.84 Å². The van der Waals surface area contributed by atoms with Crippen molar-refractivity contribution in [3.05, 3.63) is 35.9 Å². The van der Waals surface area contributed by atoms with E-state index >= 15 is 0 Å². The predicted octanol–water partition coefficient (Wildman–Crippen LogP) is 2.19. The van der Waals surface area contributed by atoms with Crippen molar-refractivity contribution >= 4 is 0 Å². The van der Waals surface area contributed by atoms with E-state index < -0.39 is 0 Å². The molecular formula is C13H18O2. The summed E-state index contributed by atoms with van der Waals surface area (Å²) in [6.45, 7) is 0.652. The molecule has 0 radical (unpaired) electrons. The highest BCUT2D eigenvalue weighted by atomic mass is 16.5. The Kier molecular flexibility index (Phi) is 3.39. The average Bonchev–Trinajstić information content (AvgIpc) is 3.07. The van der Waals surface area contributed by atoms with E-state index in [0.717, 1.165) is 12.8 Å². The first-order chi connectivity index (χ1) is 7.33. The number of ether oxygens (including phenoxy) is 1. The normalized spacial score (nSPS) is 26.3. The highest BCUT2D eigenvalue weighted by Crippen LogP contribution is 2.49. The van der Waals surface area contributed by atoms with Crippen molar-refractivity contribution in [2.24, 2.45) is 5.92 Å². The van der Waals surface area contributed by atoms with Gasteiger partial charge in [0, 0.05) is 13.7 Å². The Labute approximate surface area is 90.9 Å². The fourth-order valence-electron chi connectivity index (χ4n) is 2.18. The van der Waals surface area contributed by atoms with Crippen LogP contribution >= 0.6 is 0 Å². The lowest BCUT2D eigenvalue weighted by Gasteiger charge is -2.09. The Morgan fingerprint density at radius 2 is 2.13 bits per heavy atom. The van der Waals surface area contributed by atoms with Crippen LogP contribution in [-0.4, -0.2) is 24.9 Å². The first kappa shape index (κ1) is 10.7. The van der Waals surface area contributed by atoms with Crippen LogP contribution in [0, 0.1) is 5.92 Å². The molecule has 3 unspecified atom stereocenters. The van der Waals surface area contributed by atoms with E-state index in [0.29, 0.717) is 18.4 Å². The fourth-order valence-corrected chi connectivity index (χ4v) is 2.18. The van der Waals surface area contributed by atoms with Crippen LogP contribution in [-0.2, 0) is 4.74 Å². The van der Waals surface area contributed by atoms with Gasteiger partial charge in [0.25, 0.3) is 0 Å². The summed E-state index contributed by atoms with van der Waals surface area (Å²) in [6.07, 6.45) is 1.68. The number of aliphatic hydroxyl groups excluding tert-OH is 1. The van der Waals surface area contributed by atoms with E-state index in [1.807, 2.05) is 6.07 Å². The van der Waals surface area contributed by atoms with Crippen molar-refractivity contribution in [2.75, 3.05) is 13.7 Å². The van der Waals surface area contributed by atoms with E-state index in [1.165, 1.54) is 5.56 Å². The minimum absolute atomic E-state index is 0.199. The van der Waals surface area contributed by atoms with Crippen LogP contribution in [0.25, 0.3) is 0 Å². The third-order valence-electron chi connectivity index (χ3n) is 3.18. The summed E-state index contributed by atoms with van der Waals surface area (Å²) in [7, 11) is 1.67. The zero-order valence-electron chi connectivity index (χ0n) is 9.10. The standard InChI is InChI=1S/C13H18O2/c1-15-8-7-13(14)12-9-11(12)10-5-3-2-4-6-10/h2-6,11-14H,7-9H2,1H3. The molecule has 2 heteroatoms. The van der Waals surface area contributed by atoms with Crippen molar-refractivity contribution in [2.45, 2.75) is 24.9 Å². The summed E-state index contributed by atoms with van der Waals surface area (Å²) >= 11 is 0. The maximum Gasteiger partial charge on any atom is 0.0596 e. The first-order valence-electron chi connectivity index (χ1n) is 5.55. The molecule has 0 aliphatic heterocycles. The monoisotopic (exact) mass is 206 g/mol. The fraction of sp³-hybridized carbons (Fsp3) is 0.538. The smallest absolute Gasteiger partial charge is 0.0596 e. The van der Waals surface area contributed by atoms with Gasteiger partial charge in [-0.05, 0) is 30.2 Å². The van der Waals surface area contributed by atoms with Crippen molar-refractivity contribution < 1.29 is 9.84 Å². The molecule has 1 fully saturated rings. The van der Waals surface area contributed by atoms with Gasteiger partial charge in [0.1, 0.15) is 0 Å². The van der Waals surface area contributed by atoms with E-state index in [1.54, 1.807) is 7.11 Å². The first-order valence-corrected chi connectivity index (χ1v) is 5.55. The molecule has 0 spiro atoms. The van der Waals surface area contributed by atoms with Crippen LogP contribution in [0.4, 0.5) is 0 Å². The van der Waals surface area contributed by atoms with Crippen LogP contribution < -0.4 is 0 Å². The number of hydrogen-bond acceptors (Lipinski definition) is 2. The zero-order valence-corrected chi connectivity index (χ0v) is 9.10. The molecule has 1 N–H and O–H groups in total. The molecule has 82 valence electrons. The molecule has 3 atom stereocenters. The van der Waals surface area contributed by atoms with Gasteiger partial charge in [-0.2, -0.15) is 0 Å². The molecule has 1 aromatic rings. The molecule has 15 heavy (non-hydrogen) atoms. The maximum absolute atomic E-state index is 9.87. The lowest BCUT2D eigenvalue weighted by atomic mass is 10.1. The van der Waals surface area contributed by atoms with Gasteiger partial charge in [0.05, 0.1) is 6.10 Å². The second kappa shape index (κ2) is 4.77. The quantitative estimate of drug-likeness (QED) is 0.800. The summed E-state index contributed by atoms with van der Waals surface area (Å²) in [5, 5.41) is 9.87. The molecule has 0 aromatic heterocycles. The van der Waals surface area contributed by atoms with Crippen molar-refractivity contribution in [1.29, 1.82) is 0 Å². The summed E-state index contributed by atoms with van der Waals surface area (Å²) in [5.74, 6) is 1.01. The molecular weight excluding hydrogens is 188 g/mol. The largest absolute Gasteiger partial charge is 0.393 e. The van der Waals surface area contributed by atoms with Gasteiger partial charge in [0.15, 0.2) is 0 Å². The molecule has 1 aliphatic carbocycles. The van der Waals surface area contributed by atoms with Gasteiger partial charge >= 0.3 is 0 Å². The predicted molar refractivity (Wildman–Crippen MR) is 59.8 cm³/mol. The van der Waals surface area contributed by atoms with Gasteiger partial charge in [0.2, 0.25) is 0 Å². The average molecular weight is 206 g/mol. The Morgan fingerprint density at radius 1 is 1.40 bits per heavy atom. The maximum atomic E-state index is 9.87. The lowest BCUT2D eigenvalue weighted by Crippen LogP contribution is -2.13. The van der Waals surface area contributed by atoms with Crippen LogP contribution in [0.15, 0.2) is 30.3 Å².